The summed E-state index contributed by atoms with van der Waals surface area (Å²) in [6.45, 7) is 7.39. The Morgan fingerprint density at radius 2 is 2.08 bits per heavy atom. The Labute approximate surface area is 160 Å². The molecule has 1 aromatic carbocycles. The van der Waals surface area contributed by atoms with E-state index < -0.39 is 0 Å². The van der Waals surface area contributed by atoms with Crippen LogP contribution in [0.25, 0.3) is 0 Å². The van der Waals surface area contributed by atoms with Crippen LogP contribution in [0.2, 0.25) is 0 Å². The zero-order chi connectivity index (χ0) is 17.8. The fraction of sp³-hybridized carbons (Fsp3) is 0.571. The lowest BCUT2D eigenvalue weighted by Gasteiger charge is -2.48. The summed E-state index contributed by atoms with van der Waals surface area (Å²) in [6, 6.07) is 11.4. The summed E-state index contributed by atoms with van der Waals surface area (Å²) in [7, 11) is 0. The highest BCUT2D eigenvalue weighted by atomic mass is 32.1. The minimum Gasteiger partial charge on any atom is -0.375 e. The van der Waals surface area contributed by atoms with Crippen LogP contribution in [0.4, 0.5) is 5.69 Å². The first kappa shape index (κ1) is 18.0. The first-order valence-electron chi connectivity index (χ1n) is 9.83. The molecule has 0 aliphatic carbocycles. The van der Waals surface area contributed by atoms with Crippen molar-refractivity contribution < 1.29 is 4.74 Å². The van der Waals surface area contributed by atoms with Crippen molar-refractivity contribution >= 4 is 17.0 Å². The van der Waals surface area contributed by atoms with Crippen molar-refractivity contribution in [3.05, 3.63) is 46.9 Å². The zero-order valence-electron chi connectivity index (χ0n) is 15.6. The van der Waals surface area contributed by atoms with Gasteiger partial charge in [-0.3, -0.25) is 4.90 Å². The standard InChI is InChI=1S/C21H29N3OS/c1-2-23(15-18-16-26-17-22-18)20-8-13-25-21(14-20)9-11-24(12-10-21)19-6-4-3-5-7-19/h3-7,16-17,20H,2,8-15H2,1H3. The van der Waals surface area contributed by atoms with E-state index >= 15 is 0 Å². The van der Waals surface area contributed by atoms with E-state index in [2.05, 4.69) is 57.4 Å². The summed E-state index contributed by atoms with van der Waals surface area (Å²) in [5.74, 6) is 0. The molecule has 2 aromatic rings. The van der Waals surface area contributed by atoms with Crippen LogP contribution < -0.4 is 4.90 Å². The molecule has 2 aliphatic heterocycles. The van der Waals surface area contributed by atoms with E-state index in [9.17, 15) is 0 Å². The molecule has 0 amide bonds. The van der Waals surface area contributed by atoms with Crippen LogP contribution >= 0.6 is 11.3 Å². The molecular weight excluding hydrogens is 342 g/mol. The van der Waals surface area contributed by atoms with Gasteiger partial charge in [-0.05, 0) is 44.4 Å². The van der Waals surface area contributed by atoms with E-state index in [0.717, 1.165) is 58.5 Å². The Morgan fingerprint density at radius 1 is 1.27 bits per heavy atom. The molecular formula is C21H29N3OS. The van der Waals surface area contributed by atoms with Crippen LogP contribution in [0, 0.1) is 0 Å². The molecule has 0 N–H and O–H groups in total. The summed E-state index contributed by atoms with van der Waals surface area (Å²) >= 11 is 1.69. The summed E-state index contributed by atoms with van der Waals surface area (Å²) < 4.78 is 6.38. The first-order valence-corrected chi connectivity index (χ1v) is 10.8. The molecule has 0 radical (unpaired) electrons. The van der Waals surface area contributed by atoms with Gasteiger partial charge in [0.15, 0.2) is 0 Å². The number of thiazole rings is 1. The Balaban J connectivity index is 1.38. The van der Waals surface area contributed by atoms with E-state index in [0.29, 0.717) is 6.04 Å². The number of aromatic nitrogens is 1. The largest absolute Gasteiger partial charge is 0.375 e. The molecule has 4 rings (SSSR count). The van der Waals surface area contributed by atoms with Gasteiger partial charge in [-0.25, -0.2) is 4.98 Å². The fourth-order valence-corrected chi connectivity index (χ4v) is 5.05. The highest BCUT2D eigenvalue weighted by molar-refractivity contribution is 7.07. The lowest BCUT2D eigenvalue weighted by atomic mass is 9.81. The summed E-state index contributed by atoms with van der Waals surface area (Å²) in [4.78, 5) is 9.59. The minimum absolute atomic E-state index is 0.0731. The van der Waals surface area contributed by atoms with Crippen molar-refractivity contribution in [2.75, 3.05) is 31.1 Å². The zero-order valence-corrected chi connectivity index (χ0v) is 16.5. The minimum atomic E-state index is 0.0731. The molecule has 140 valence electrons. The molecule has 1 atom stereocenters. The fourth-order valence-electron chi connectivity index (χ4n) is 4.50. The maximum atomic E-state index is 6.38. The first-order chi connectivity index (χ1) is 12.8. The summed E-state index contributed by atoms with van der Waals surface area (Å²) in [6.07, 6.45) is 4.56. The Morgan fingerprint density at radius 3 is 2.77 bits per heavy atom. The van der Waals surface area contributed by atoms with Crippen LogP contribution in [0.1, 0.15) is 38.3 Å². The van der Waals surface area contributed by atoms with Gasteiger partial charge in [0, 0.05) is 43.4 Å². The van der Waals surface area contributed by atoms with Gasteiger partial charge in [-0.15, -0.1) is 11.3 Å². The number of nitrogens with zero attached hydrogens (tertiary/aromatic N) is 3. The highest BCUT2D eigenvalue weighted by Gasteiger charge is 2.41. The van der Waals surface area contributed by atoms with Crippen molar-refractivity contribution in [1.82, 2.24) is 9.88 Å². The summed E-state index contributed by atoms with van der Waals surface area (Å²) in [5, 5.41) is 2.18. The quantitative estimate of drug-likeness (QED) is 0.788. The van der Waals surface area contributed by atoms with E-state index in [-0.39, 0.29) is 5.60 Å². The second kappa shape index (κ2) is 8.07. The van der Waals surface area contributed by atoms with E-state index in [4.69, 9.17) is 4.74 Å². The van der Waals surface area contributed by atoms with Crippen LogP contribution in [-0.2, 0) is 11.3 Å². The van der Waals surface area contributed by atoms with Gasteiger partial charge < -0.3 is 9.64 Å². The lowest BCUT2D eigenvalue weighted by molar-refractivity contribution is -0.118. The molecule has 2 fully saturated rings. The molecule has 1 spiro atoms. The number of hydrogen-bond donors (Lipinski definition) is 0. The van der Waals surface area contributed by atoms with Gasteiger partial charge in [0.2, 0.25) is 0 Å². The third-order valence-corrected chi connectivity index (χ3v) is 6.67. The van der Waals surface area contributed by atoms with Crippen LogP contribution in [0.5, 0.6) is 0 Å². The number of benzene rings is 1. The average Bonchev–Trinajstić information content (AvgIpc) is 3.21. The van der Waals surface area contributed by atoms with E-state index in [1.54, 1.807) is 11.3 Å². The third kappa shape index (κ3) is 3.95. The number of rotatable bonds is 5. The van der Waals surface area contributed by atoms with Gasteiger partial charge in [-0.1, -0.05) is 25.1 Å². The second-order valence-electron chi connectivity index (χ2n) is 7.54. The van der Waals surface area contributed by atoms with Gasteiger partial charge in [-0.2, -0.15) is 0 Å². The van der Waals surface area contributed by atoms with Gasteiger partial charge in [0.1, 0.15) is 0 Å². The van der Waals surface area contributed by atoms with Crippen molar-refractivity contribution in [2.45, 2.75) is 50.8 Å². The molecule has 0 bridgehead atoms. The number of piperidine rings is 1. The van der Waals surface area contributed by atoms with Gasteiger partial charge >= 0.3 is 0 Å². The molecule has 2 aliphatic rings. The second-order valence-corrected chi connectivity index (χ2v) is 8.26. The Kier molecular flexibility index (Phi) is 5.57. The lowest BCUT2D eigenvalue weighted by Crippen LogP contribution is -2.53. The van der Waals surface area contributed by atoms with E-state index in [1.807, 2.05) is 5.51 Å². The molecule has 1 aromatic heterocycles. The molecule has 2 saturated heterocycles. The summed E-state index contributed by atoms with van der Waals surface area (Å²) in [5.41, 5.74) is 4.56. The maximum absolute atomic E-state index is 6.38. The van der Waals surface area contributed by atoms with Crippen molar-refractivity contribution in [2.24, 2.45) is 0 Å². The SMILES string of the molecule is CCN(Cc1cscn1)C1CCOC2(CCN(c3ccccc3)CC2)C1. The predicted molar refractivity (Wildman–Crippen MR) is 108 cm³/mol. The monoisotopic (exact) mass is 371 g/mol. The average molecular weight is 372 g/mol. The molecule has 3 heterocycles. The number of anilines is 1. The number of ether oxygens (including phenoxy) is 1. The molecule has 26 heavy (non-hydrogen) atoms. The maximum Gasteiger partial charge on any atom is 0.0795 e. The Hall–Kier alpha value is -1.43. The molecule has 4 nitrogen and oxygen atoms in total. The van der Waals surface area contributed by atoms with Crippen molar-refractivity contribution in [1.29, 1.82) is 0 Å². The number of hydrogen-bond acceptors (Lipinski definition) is 5. The molecule has 0 saturated carbocycles. The molecule has 1 unspecified atom stereocenters. The predicted octanol–water partition coefficient (Wildman–Crippen LogP) is 4.18. The number of para-hydroxylation sites is 1. The third-order valence-electron chi connectivity index (χ3n) is 6.03. The van der Waals surface area contributed by atoms with Gasteiger partial charge in [0.25, 0.3) is 0 Å². The van der Waals surface area contributed by atoms with Crippen molar-refractivity contribution in [3.63, 3.8) is 0 Å². The van der Waals surface area contributed by atoms with Crippen LogP contribution in [-0.4, -0.2) is 47.8 Å². The van der Waals surface area contributed by atoms with Gasteiger partial charge in [0.05, 0.1) is 16.8 Å². The van der Waals surface area contributed by atoms with E-state index in [1.165, 1.54) is 11.4 Å². The highest BCUT2D eigenvalue weighted by Crippen LogP contribution is 2.38. The Bertz CT molecular complexity index is 668. The topological polar surface area (TPSA) is 28.6 Å². The molecule has 5 heteroatoms. The van der Waals surface area contributed by atoms with Crippen molar-refractivity contribution in [3.8, 4) is 0 Å². The van der Waals surface area contributed by atoms with Crippen LogP contribution in [0.3, 0.4) is 0 Å². The van der Waals surface area contributed by atoms with Crippen LogP contribution in [0.15, 0.2) is 41.2 Å². The normalized spacial score (nSPS) is 22.8. The smallest absolute Gasteiger partial charge is 0.0795 e.